The Balaban J connectivity index is 2.05. The van der Waals surface area contributed by atoms with Crippen molar-refractivity contribution in [3.8, 4) is 0 Å². The average Bonchev–Trinajstić information content (AvgIpc) is 2.83. The summed E-state index contributed by atoms with van der Waals surface area (Å²) in [5.41, 5.74) is 3.09. The van der Waals surface area contributed by atoms with E-state index in [0.29, 0.717) is 24.7 Å². The average molecular weight is 481 g/mol. The van der Waals surface area contributed by atoms with E-state index in [0.717, 1.165) is 36.8 Å². The molecule has 0 saturated heterocycles. The van der Waals surface area contributed by atoms with Gasteiger partial charge >= 0.3 is 11.9 Å². The van der Waals surface area contributed by atoms with E-state index in [1.807, 2.05) is 31.2 Å². The third kappa shape index (κ3) is 8.83. The zero-order valence-corrected chi connectivity index (χ0v) is 22.6. The van der Waals surface area contributed by atoms with Crippen molar-refractivity contribution in [1.82, 2.24) is 0 Å². The quantitative estimate of drug-likeness (QED) is 0.208. The van der Waals surface area contributed by atoms with Gasteiger partial charge in [-0.1, -0.05) is 103 Å². The van der Waals surface area contributed by atoms with Crippen LogP contribution < -0.4 is 0 Å². The fraction of sp³-hybridized carbons (Fsp3) is 0.548. The van der Waals surface area contributed by atoms with Crippen molar-refractivity contribution in [3.05, 3.63) is 70.8 Å². The van der Waals surface area contributed by atoms with Crippen molar-refractivity contribution in [2.45, 2.75) is 93.3 Å². The highest BCUT2D eigenvalue weighted by atomic mass is 16.6. The summed E-state index contributed by atoms with van der Waals surface area (Å²) >= 11 is 0. The Labute approximate surface area is 212 Å². The molecule has 4 nitrogen and oxygen atoms in total. The summed E-state index contributed by atoms with van der Waals surface area (Å²) in [5, 5.41) is 0. The number of carbonyl (C=O) groups is 2. The number of unbranched alkanes of at least 4 members (excludes halogenated alkanes) is 1. The van der Waals surface area contributed by atoms with Crippen LogP contribution in [0.4, 0.5) is 0 Å². The van der Waals surface area contributed by atoms with E-state index in [9.17, 15) is 9.59 Å². The normalized spacial score (nSPS) is 11.7. The zero-order valence-electron chi connectivity index (χ0n) is 22.6. The van der Waals surface area contributed by atoms with Crippen LogP contribution in [0.25, 0.3) is 0 Å². The van der Waals surface area contributed by atoms with E-state index in [1.165, 1.54) is 11.1 Å². The lowest BCUT2D eigenvalue weighted by molar-refractivity contribution is -0.175. The van der Waals surface area contributed by atoms with Gasteiger partial charge in [-0.15, -0.1) is 0 Å². The molecule has 0 aliphatic rings. The van der Waals surface area contributed by atoms with Crippen LogP contribution >= 0.6 is 0 Å². The van der Waals surface area contributed by atoms with Gasteiger partial charge in [0.2, 0.25) is 0 Å². The van der Waals surface area contributed by atoms with E-state index in [-0.39, 0.29) is 13.2 Å². The van der Waals surface area contributed by atoms with Gasteiger partial charge in [-0.25, -0.2) is 0 Å². The summed E-state index contributed by atoms with van der Waals surface area (Å²) in [4.78, 5) is 26.5. The Morgan fingerprint density at radius 3 is 1.37 bits per heavy atom. The smallest absolute Gasteiger partial charge is 0.323 e. The van der Waals surface area contributed by atoms with Crippen molar-refractivity contribution in [2.75, 3.05) is 0 Å². The molecule has 0 aromatic heterocycles. The molecule has 0 aliphatic heterocycles. The molecule has 0 unspecified atom stereocenters. The summed E-state index contributed by atoms with van der Waals surface area (Å²) in [5.74, 6) is 0.201. The molecule has 0 bridgehead atoms. The minimum Gasteiger partial charge on any atom is -0.460 e. The highest BCUT2D eigenvalue weighted by Crippen LogP contribution is 2.33. The van der Waals surface area contributed by atoms with Gasteiger partial charge in [0.25, 0.3) is 0 Å². The second-order valence-corrected chi connectivity index (χ2v) is 10.5. The van der Waals surface area contributed by atoms with Crippen LogP contribution in [0.1, 0.15) is 89.5 Å². The molecular weight excluding hydrogens is 436 g/mol. The molecule has 0 N–H and O–H groups in total. The van der Waals surface area contributed by atoms with Gasteiger partial charge in [0, 0.05) is 0 Å². The molecule has 0 atom stereocenters. The predicted molar refractivity (Wildman–Crippen MR) is 142 cm³/mol. The molecule has 2 rings (SSSR count). The van der Waals surface area contributed by atoms with Crippen molar-refractivity contribution in [2.24, 2.45) is 17.3 Å². The largest absolute Gasteiger partial charge is 0.460 e. The molecular formula is C31H44O4. The standard InChI is InChI=1S/C31H44O4/c1-7-9-18-31(8-2,29(32)34-21-27-14-10-25(11-15-27)19-23(3)4)30(33)35-22-28-16-12-26(13-17-28)20-24(5)6/h10-17,23-24H,7-9,18-22H2,1-6H3. The molecule has 0 aliphatic carbocycles. The molecule has 192 valence electrons. The van der Waals surface area contributed by atoms with Crippen molar-refractivity contribution in [1.29, 1.82) is 0 Å². The monoisotopic (exact) mass is 480 g/mol. The second kappa shape index (κ2) is 14.1. The summed E-state index contributed by atoms with van der Waals surface area (Å²) < 4.78 is 11.4. The zero-order chi connectivity index (χ0) is 25.8. The highest BCUT2D eigenvalue weighted by molar-refractivity contribution is 6.00. The molecule has 0 amide bonds. The molecule has 2 aromatic rings. The topological polar surface area (TPSA) is 52.6 Å². The van der Waals surface area contributed by atoms with Crippen molar-refractivity contribution >= 4 is 11.9 Å². The van der Waals surface area contributed by atoms with Crippen molar-refractivity contribution < 1.29 is 19.1 Å². The van der Waals surface area contributed by atoms with Crippen LogP contribution in [-0.2, 0) is 45.1 Å². The molecule has 0 fully saturated rings. The molecule has 0 saturated carbocycles. The van der Waals surface area contributed by atoms with Gasteiger partial charge in [0.15, 0.2) is 5.41 Å². The molecule has 0 heterocycles. The number of esters is 2. The number of rotatable bonds is 14. The van der Waals surface area contributed by atoms with Crippen LogP contribution in [0.15, 0.2) is 48.5 Å². The maximum absolute atomic E-state index is 13.3. The van der Waals surface area contributed by atoms with Gasteiger partial charge in [0.05, 0.1) is 0 Å². The number of benzene rings is 2. The van der Waals surface area contributed by atoms with Crippen LogP contribution in [0.2, 0.25) is 0 Å². The molecule has 2 aromatic carbocycles. The number of carbonyl (C=O) groups excluding carboxylic acids is 2. The number of hydrogen-bond acceptors (Lipinski definition) is 4. The summed E-state index contributed by atoms with van der Waals surface area (Å²) in [6.07, 6.45) is 4.46. The molecule has 35 heavy (non-hydrogen) atoms. The summed E-state index contributed by atoms with van der Waals surface area (Å²) in [7, 11) is 0. The fourth-order valence-corrected chi connectivity index (χ4v) is 4.29. The number of ether oxygens (including phenoxy) is 2. The minimum absolute atomic E-state index is 0.152. The maximum Gasteiger partial charge on any atom is 0.323 e. The van der Waals surface area contributed by atoms with Crippen molar-refractivity contribution in [3.63, 3.8) is 0 Å². The predicted octanol–water partition coefficient (Wildman–Crippen LogP) is 7.46. The van der Waals surface area contributed by atoms with Crippen LogP contribution in [-0.4, -0.2) is 11.9 Å². The Hall–Kier alpha value is -2.62. The molecule has 0 spiro atoms. The van der Waals surface area contributed by atoms with Crippen LogP contribution in [0, 0.1) is 17.3 Å². The van der Waals surface area contributed by atoms with Gasteiger partial charge in [-0.3, -0.25) is 9.59 Å². The van der Waals surface area contributed by atoms with E-state index in [2.05, 4.69) is 58.9 Å². The van der Waals surface area contributed by atoms with Gasteiger partial charge in [-0.05, 0) is 59.8 Å². The molecule has 0 radical (unpaired) electrons. The minimum atomic E-state index is -1.27. The Morgan fingerprint density at radius 2 is 1.06 bits per heavy atom. The summed E-state index contributed by atoms with van der Waals surface area (Å²) in [6, 6.07) is 16.3. The van der Waals surface area contributed by atoms with Gasteiger partial charge in [0.1, 0.15) is 13.2 Å². The molecule has 4 heteroatoms. The van der Waals surface area contributed by atoms with Crippen LogP contribution in [0.3, 0.4) is 0 Å². The first-order chi connectivity index (χ1) is 16.7. The highest BCUT2D eigenvalue weighted by Gasteiger charge is 2.46. The van der Waals surface area contributed by atoms with E-state index in [4.69, 9.17) is 9.47 Å². The lowest BCUT2D eigenvalue weighted by atomic mass is 9.80. The fourth-order valence-electron chi connectivity index (χ4n) is 4.29. The Bertz CT molecular complexity index is 841. The third-order valence-electron chi connectivity index (χ3n) is 6.42. The SMILES string of the molecule is CCCCC(CC)(C(=O)OCc1ccc(CC(C)C)cc1)C(=O)OCc1ccc(CC(C)C)cc1. The maximum atomic E-state index is 13.3. The van der Waals surface area contributed by atoms with E-state index < -0.39 is 17.4 Å². The van der Waals surface area contributed by atoms with Gasteiger partial charge in [-0.2, -0.15) is 0 Å². The number of hydrogen-bond donors (Lipinski definition) is 0. The lowest BCUT2D eigenvalue weighted by Crippen LogP contribution is -2.41. The van der Waals surface area contributed by atoms with E-state index >= 15 is 0 Å². The second-order valence-electron chi connectivity index (χ2n) is 10.5. The first-order valence-corrected chi connectivity index (χ1v) is 13.2. The van der Waals surface area contributed by atoms with E-state index in [1.54, 1.807) is 0 Å². The van der Waals surface area contributed by atoms with Gasteiger partial charge < -0.3 is 9.47 Å². The van der Waals surface area contributed by atoms with Crippen LogP contribution in [0.5, 0.6) is 0 Å². The third-order valence-corrected chi connectivity index (χ3v) is 6.42. The Morgan fingerprint density at radius 1 is 0.686 bits per heavy atom. The summed E-state index contributed by atoms with van der Waals surface area (Å²) in [6.45, 7) is 13.0. The first kappa shape index (κ1) is 28.6. The lowest BCUT2D eigenvalue weighted by Gasteiger charge is -2.28. The first-order valence-electron chi connectivity index (χ1n) is 13.2. The Kier molecular flexibility index (Phi) is 11.5.